The van der Waals surface area contributed by atoms with Gasteiger partial charge in [-0.3, -0.25) is 4.98 Å². The topological polar surface area (TPSA) is 42.3 Å². The summed E-state index contributed by atoms with van der Waals surface area (Å²) in [6, 6.07) is 17.4. The molecule has 0 bridgehead atoms. The van der Waals surface area contributed by atoms with E-state index in [0.717, 1.165) is 22.2 Å². The summed E-state index contributed by atoms with van der Waals surface area (Å²) in [5.41, 5.74) is 5.90. The number of benzene rings is 1. The van der Waals surface area contributed by atoms with Crippen LogP contribution < -0.4 is 10.1 Å². The van der Waals surface area contributed by atoms with Gasteiger partial charge in [0.25, 0.3) is 0 Å². The molecule has 0 radical (unpaired) electrons. The third-order valence-corrected chi connectivity index (χ3v) is 7.53. The number of aryl methyl sites for hydroxylation is 1. The number of pyridine rings is 1. The Morgan fingerprint density at radius 1 is 1.03 bits per heavy atom. The van der Waals surface area contributed by atoms with Crippen molar-refractivity contribution >= 4 is 17.3 Å². The summed E-state index contributed by atoms with van der Waals surface area (Å²) in [7, 11) is 1.71. The predicted molar refractivity (Wildman–Crippen MR) is 136 cm³/mol. The second-order valence-electron chi connectivity index (χ2n) is 9.19. The quantitative estimate of drug-likeness (QED) is 0.487. The molecule has 6 heteroatoms. The molecule has 5 rings (SSSR count). The average Bonchev–Trinajstić information content (AvgIpc) is 3.35. The Labute approximate surface area is 201 Å². The summed E-state index contributed by atoms with van der Waals surface area (Å²) in [5, 5.41) is 4.50. The van der Waals surface area contributed by atoms with Crippen molar-refractivity contribution < 1.29 is 4.74 Å². The highest BCUT2D eigenvalue weighted by Crippen LogP contribution is 2.44. The Hall–Kier alpha value is -2.86. The van der Waals surface area contributed by atoms with Crippen LogP contribution in [0.1, 0.15) is 66.8 Å². The molecule has 1 aromatic carbocycles. The van der Waals surface area contributed by atoms with Gasteiger partial charge in [0.1, 0.15) is 5.75 Å². The fourth-order valence-electron chi connectivity index (χ4n) is 5.68. The largest absolute Gasteiger partial charge is 0.497 e. The van der Waals surface area contributed by atoms with Crippen LogP contribution in [-0.2, 0) is 0 Å². The number of ether oxygens (including phenoxy) is 1. The van der Waals surface area contributed by atoms with Gasteiger partial charge in [0.2, 0.25) is 0 Å². The van der Waals surface area contributed by atoms with E-state index in [0.29, 0.717) is 6.04 Å². The van der Waals surface area contributed by atoms with Gasteiger partial charge in [0.05, 0.1) is 24.9 Å². The first-order valence-corrected chi connectivity index (χ1v) is 12.3. The van der Waals surface area contributed by atoms with Gasteiger partial charge >= 0.3 is 0 Å². The van der Waals surface area contributed by atoms with Gasteiger partial charge in [-0.05, 0) is 74.8 Å². The normalized spacial score (nSPS) is 21.3. The molecule has 1 saturated carbocycles. The lowest BCUT2D eigenvalue weighted by atomic mass is 9.90. The molecule has 1 aliphatic carbocycles. The molecule has 3 heterocycles. The third kappa shape index (κ3) is 4.01. The number of nitrogens with zero attached hydrogens (tertiary/aromatic N) is 3. The number of hydrogen-bond acceptors (Lipinski definition) is 3. The van der Waals surface area contributed by atoms with E-state index in [4.69, 9.17) is 21.9 Å². The number of rotatable bonds is 5. The molecular weight excluding hydrogens is 428 g/mol. The highest BCUT2D eigenvalue weighted by atomic mass is 32.1. The van der Waals surface area contributed by atoms with E-state index in [-0.39, 0.29) is 12.1 Å². The number of methoxy groups -OCH3 is 1. The molecule has 2 aromatic heterocycles. The lowest BCUT2D eigenvalue weighted by Crippen LogP contribution is -2.40. The zero-order valence-electron chi connectivity index (χ0n) is 19.6. The summed E-state index contributed by atoms with van der Waals surface area (Å²) in [4.78, 5) is 7.21. The maximum absolute atomic E-state index is 5.95. The molecule has 3 aromatic rings. The molecule has 0 spiro atoms. The Morgan fingerprint density at radius 3 is 2.58 bits per heavy atom. The summed E-state index contributed by atoms with van der Waals surface area (Å²) in [6.45, 7) is 4.40. The third-order valence-electron chi connectivity index (χ3n) is 7.20. The van der Waals surface area contributed by atoms with Crippen molar-refractivity contribution in [3.63, 3.8) is 0 Å². The minimum Gasteiger partial charge on any atom is -0.497 e. The zero-order valence-corrected chi connectivity index (χ0v) is 20.4. The Balaban J connectivity index is 1.62. The van der Waals surface area contributed by atoms with Crippen LogP contribution in [0.3, 0.4) is 0 Å². The van der Waals surface area contributed by atoms with Gasteiger partial charge in [-0.1, -0.05) is 31.4 Å². The fourth-order valence-corrected chi connectivity index (χ4v) is 6.07. The van der Waals surface area contributed by atoms with Crippen molar-refractivity contribution in [2.75, 3.05) is 7.11 Å². The molecule has 5 nitrogen and oxygen atoms in total. The lowest BCUT2D eigenvalue weighted by molar-refractivity contribution is 0.197. The van der Waals surface area contributed by atoms with Gasteiger partial charge in [0, 0.05) is 35.4 Å². The van der Waals surface area contributed by atoms with Crippen molar-refractivity contribution in [1.29, 1.82) is 0 Å². The number of nitrogens with one attached hydrogen (secondary N) is 1. The van der Waals surface area contributed by atoms with Crippen LogP contribution in [0.5, 0.6) is 5.75 Å². The van der Waals surface area contributed by atoms with Crippen molar-refractivity contribution in [2.45, 2.75) is 64.1 Å². The molecule has 33 heavy (non-hydrogen) atoms. The highest BCUT2D eigenvalue weighted by molar-refractivity contribution is 7.80. The van der Waals surface area contributed by atoms with E-state index < -0.39 is 0 Å². The summed E-state index contributed by atoms with van der Waals surface area (Å²) < 4.78 is 7.82. The first kappa shape index (κ1) is 22.0. The smallest absolute Gasteiger partial charge is 0.170 e. The van der Waals surface area contributed by atoms with E-state index in [9.17, 15) is 0 Å². The van der Waals surface area contributed by atoms with E-state index in [1.54, 1.807) is 7.11 Å². The molecule has 2 fully saturated rings. The van der Waals surface area contributed by atoms with E-state index in [2.05, 4.69) is 59.0 Å². The predicted octanol–water partition coefficient (Wildman–Crippen LogP) is 5.80. The van der Waals surface area contributed by atoms with Gasteiger partial charge in [-0.25, -0.2) is 0 Å². The maximum atomic E-state index is 5.95. The van der Waals surface area contributed by atoms with E-state index in [1.807, 2.05) is 24.4 Å². The maximum Gasteiger partial charge on any atom is 0.170 e. The molecule has 1 N–H and O–H groups in total. The second kappa shape index (κ2) is 9.18. The molecule has 1 saturated heterocycles. The van der Waals surface area contributed by atoms with Gasteiger partial charge in [-0.2, -0.15) is 0 Å². The van der Waals surface area contributed by atoms with Crippen molar-refractivity contribution in [2.24, 2.45) is 0 Å². The Bertz CT molecular complexity index is 1140. The Kier molecular flexibility index (Phi) is 6.11. The van der Waals surface area contributed by atoms with Crippen LogP contribution in [0.2, 0.25) is 0 Å². The number of aromatic nitrogens is 2. The van der Waals surface area contributed by atoms with Crippen molar-refractivity contribution in [3.05, 3.63) is 77.4 Å². The monoisotopic (exact) mass is 460 g/mol. The summed E-state index contributed by atoms with van der Waals surface area (Å²) in [5.74, 6) is 0.862. The average molecular weight is 461 g/mol. The molecule has 0 unspecified atom stereocenters. The first-order valence-electron chi connectivity index (χ1n) is 11.9. The standard InChI is InChI=1S/C27H32N4OS/c1-18-16-23(19(2)30(18)21-12-9-13-22(17-21)32-3)26-25(24-14-7-8-15-28-24)29-27(33)31(26)20-10-5-4-6-11-20/h7-9,12-17,20,25-26H,4-6,10-11H2,1-3H3,(H,29,33)/t25-,26-/m1/s1. The van der Waals surface area contributed by atoms with E-state index >= 15 is 0 Å². The molecule has 2 atom stereocenters. The van der Waals surface area contributed by atoms with Crippen LogP contribution in [0.4, 0.5) is 0 Å². The van der Waals surface area contributed by atoms with Crippen molar-refractivity contribution in [1.82, 2.24) is 19.8 Å². The van der Waals surface area contributed by atoms with Gasteiger partial charge in [-0.15, -0.1) is 0 Å². The lowest BCUT2D eigenvalue weighted by Gasteiger charge is -2.37. The van der Waals surface area contributed by atoms with Crippen LogP contribution >= 0.6 is 12.2 Å². The van der Waals surface area contributed by atoms with E-state index in [1.165, 1.54) is 49.1 Å². The molecule has 2 aliphatic rings. The summed E-state index contributed by atoms with van der Waals surface area (Å²) >= 11 is 5.95. The SMILES string of the molecule is COc1cccc(-n2c(C)cc([C@@H]3[C@@H](c4ccccn4)NC(=S)N3C3CCCCC3)c2C)c1. The molecule has 0 amide bonds. The second-order valence-corrected chi connectivity index (χ2v) is 9.58. The molecular formula is C27H32N4OS. The minimum atomic E-state index is 0.0277. The molecule has 1 aliphatic heterocycles. The fraction of sp³-hybridized carbons (Fsp3) is 0.407. The van der Waals surface area contributed by atoms with Gasteiger partial charge in [0.15, 0.2) is 5.11 Å². The zero-order chi connectivity index (χ0) is 22.9. The number of thiocarbonyl (C=S) groups is 1. The van der Waals surface area contributed by atoms with Crippen LogP contribution in [0.25, 0.3) is 5.69 Å². The minimum absolute atomic E-state index is 0.0277. The van der Waals surface area contributed by atoms with Crippen LogP contribution in [0, 0.1) is 13.8 Å². The van der Waals surface area contributed by atoms with Crippen LogP contribution in [0.15, 0.2) is 54.7 Å². The Morgan fingerprint density at radius 2 is 1.85 bits per heavy atom. The van der Waals surface area contributed by atoms with Crippen molar-refractivity contribution in [3.8, 4) is 11.4 Å². The molecule has 172 valence electrons. The summed E-state index contributed by atoms with van der Waals surface area (Å²) in [6.07, 6.45) is 8.13. The number of hydrogen-bond donors (Lipinski definition) is 1. The van der Waals surface area contributed by atoms with Gasteiger partial charge < -0.3 is 19.5 Å². The van der Waals surface area contributed by atoms with Crippen LogP contribution in [-0.4, -0.2) is 32.7 Å². The first-order chi connectivity index (χ1) is 16.1. The highest BCUT2D eigenvalue weighted by Gasteiger charge is 2.44.